The average molecular weight is 1680 g/mol. The highest BCUT2D eigenvalue weighted by Crippen LogP contribution is 2.35. The van der Waals surface area contributed by atoms with E-state index in [1.54, 1.807) is 112 Å². The lowest BCUT2D eigenvalue weighted by atomic mass is 10.1. The fourth-order valence-electron chi connectivity index (χ4n) is 14.5. The molecule has 11 aromatic rings. The minimum absolute atomic E-state index is 0.212. The van der Waals surface area contributed by atoms with Crippen molar-refractivity contribution in [1.82, 2.24) is 93.8 Å². The number of nitrogens with one attached hydrogen (secondary N) is 6. The second-order valence-electron chi connectivity index (χ2n) is 29.4. The zero-order valence-corrected chi connectivity index (χ0v) is 68.5. The van der Waals surface area contributed by atoms with Gasteiger partial charge in [-0.15, -0.1) is 0 Å². The summed E-state index contributed by atoms with van der Waals surface area (Å²) in [5.74, 6) is -0.658. The number of nitrogens with zero attached hydrogens (tertiary/aromatic N) is 16. The number of halogens is 4. The summed E-state index contributed by atoms with van der Waals surface area (Å²) < 4.78 is 66.1. The number of anilines is 5. The van der Waals surface area contributed by atoms with E-state index in [2.05, 4.69) is 72.0 Å². The zero-order chi connectivity index (χ0) is 86.0. The van der Waals surface area contributed by atoms with Gasteiger partial charge in [0.05, 0.1) is 92.9 Å². The molecule has 1 saturated heterocycles. The third-order valence-corrected chi connectivity index (χ3v) is 21.7. The number of ether oxygens (including phenoxy) is 3. The monoisotopic (exact) mass is 1680 g/mol. The Balaban J connectivity index is 0.000000157. The van der Waals surface area contributed by atoms with Gasteiger partial charge >= 0.3 is 0 Å². The van der Waals surface area contributed by atoms with Crippen LogP contribution in [0.5, 0.6) is 11.5 Å². The first-order valence-electron chi connectivity index (χ1n) is 39.0. The molecule has 0 aliphatic carbocycles. The number of aliphatic hydroxyl groups excluding tert-OH is 3. The summed E-state index contributed by atoms with van der Waals surface area (Å²) in [6, 6.07) is 17.7. The quantitative estimate of drug-likeness (QED) is 0.0247. The van der Waals surface area contributed by atoms with Gasteiger partial charge in [0.15, 0.2) is 0 Å². The van der Waals surface area contributed by atoms with Crippen LogP contribution in [0.15, 0.2) is 141 Å². The molecular weight excluding hydrogens is 1590 g/mol. The molecule has 634 valence electrons. The van der Waals surface area contributed by atoms with E-state index in [1.807, 2.05) is 58.3 Å². The summed E-state index contributed by atoms with van der Waals surface area (Å²) in [5.41, 5.74) is 8.12. The largest absolute Gasteiger partial charge is 0.497 e. The SMILES string of the molecule is COc1cc(F)cc([C@@H](CO)NC(=O)[C@@H](C)N2CCn3cc(-c4nc(Nc5ccnn5C)ncc4C)cc3C2=O)c1.COc1cc(F)cc([C@@H](CO)NC(=O)[C@H](C)N2CCn3cc(-c4nc(Nc5ccnn5C)ncc4C)cc3C2=O)c1.C[C@@H](C(=O)N[C@H](CO)c1cccc(F)c1)N1CCn2cc(-c3nc(NC4CCOCC4)ncc3Cl)cc2C1=O. The molecule has 0 spiro atoms. The lowest BCUT2D eigenvalue weighted by molar-refractivity contribution is -0.127. The lowest BCUT2D eigenvalue weighted by Gasteiger charge is -2.33. The first kappa shape index (κ1) is 85.8. The molecule has 0 radical (unpaired) electrons. The van der Waals surface area contributed by atoms with Gasteiger partial charge in [-0.3, -0.25) is 38.1 Å². The van der Waals surface area contributed by atoms with Gasteiger partial charge in [0.25, 0.3) is 17.7 Å². The Hall–Kier alpha value is -13.1. The van der Waals surface area contributed by atoms with E-state index in [0.717, 1.165) is 46.7 Å². The van der Waals surface area contributed by atoms with E-state index >= 15 is 0 Å². The Morgan fingerprint density at radius 3 is 1.29 bits per heavy atom. The Bertz CT molecular complexity index is 5400. The van der Waals surface area contributed by atoms with Crippen molar-refractivity contribution in [2.45, 2.75) is 109 Å². The van der Waals surface area contributed by atoms with Crippen LogP contribution >= 0.6 is 11.6 Å². The molecule has 4 aliphatic heterocycles. The number of aromatic nitrogens is 13. The third kappa shape index (κ3) is 19.6. The van der Waals surface area contributed by atoms with Gasteiger partial charge in [-0.05, 0) is 130 Å². The molecule has 0 bridgehead atoms. The van der Waals surface area contributed by atoms with Gasteiger partial charge in [-0.1, -0.05) is 23.7 Å². The highest BCUT2D eigenvalue weighted by atomic mass is 35.5. The van der Waals surface area contributed by atoms with E-state index < -0.39 is 91.2 Å². The van der Waals surface area contributed by atoms with Crippen molar-refractivity contribution in [2.75, 3.05) is 82.8 Å². The summed E-state index contributed by atoms with van der Waals surface area (Å²) in [5, 5.41) is 56.0. The maximum Gasteiger partial charge on any atom is 0.271 e. The number of aliphatic hydroxyl groups is 3. The standard InChI is InChI=1S/2C28H31FN8O4.C27H30ClFN6O4/c2*1-16-13-30-28(33-24-5-6-31-35(24)3)34-25(16)19-11-23-27(40)37(8-7-36(23)14-19)17(2)26(39)32-22(15-38)18-9-20(29)12-21(10-18)41-4;1-16(25(37)32-22(15-36)17-3-2-4-19(29)11-17)35-8-7-34-14-18(12-23(34)26(35)38)24-21(28)13-30-27(33-24)31-20-5-9-39-10-6-20/h2*5-6,9-14,17,22,38H,7-8,15H2,1-4H3,(H,32,39)(H,30,33,34);2-4,11-14,16,20,22,36H,5-10,15H2,1H3,(H,32,37)(H,30,31,33)/t17-,22+;17-,22-;16-,22+/m010/s1. The summed E-state index contributed by atoms with van der Waals surface area (Å²) in [6.45, 7) is 11.1. The molecule has 6 amide bonds. The maximum atomic E-state index is 14.0. The van der Waals surface area contributed by atoms with Crippen molar-refractivity contribution in [3.63, 3.8) is 0 Å². The number of methoxy groups -OCH3 is 2. The molecule has 38 heteroatoms. The molecule has 0 unspecified atom stereocenters. The van der Waals surface area contributed by atoms with E-state index in [9.17, 15) is 57.3 Å². The fraction of sp³-hybridized carbons (Fsp3) is 0.349. The van der Waals surface area contributed by atoms with Crippen molar-refractivity contribution in [3.8, 4) is 45.3 Å². The minimum Gasteiger partial charge on any atom is -0.497 e. The van der Waals surface area contributed by atoms with Gasteiger partial charge in [0, 0.05) is 145 Å². The van der Waals surface area contributed by atoms with Crippen molar-refractivity contribution >= 4 is 76.5 Å². The number of carbonyl (C=O) groups is 6. The Kier molecular flexibility index (Phi) is 26.9. The van der Waals surface area contributed by atoms with Gasteiger partial charge in [-0.2, -0.15) is 10.2 Å². The molecule has 9 N–H and O–H groups in total. The van der Waals surface area contributed by atoms with Crippen LogP contribution in [0.1, 0.15) is 111 Å². The normalized spacial score (nSPS) is 15.4. The van der Waals surface area contributed by atoms with Gasteiger partial charge in [0.2, 0.25) is 35.6 Å². The van der Waals surface area contributed by atoms with Gasteiger partial charge < -0.3 is 89.8 Å². The Morgan fingerprint density at radius 2 is 0.901 bits per heavy atom. The predicted octanol–water partition coefficient (Wildman–Crippen LogP) is 8.17. The van der Waals surface area contributed by atoms with Crippen molar-refractivity contribution in [3.05, 3.63) is 208 Å². The second kappa shape index (κ2) is 37.9. The number of benzene rings is 3. The zero-order valence-electron chi connectivity index (χ0n) is 67.7. The Morgan fingerprint density at radius 1 is 0.512 bits per heavy atom. The molecular formula is C83H92ClF3N22O12. The van der Waals surface area contributed by atoms with E-state index in [0.29, 0.717) is 132 Å². The smallest absolute Gasteiger partial charge is 0.271 e. The predicted molar refractivity (Wildman–Crippen MR) is 439 cm³/mol. The highest BCUT2D eigenvalue weighted by Gasteiger charge is 2.38. The van der Waals surface area contributed by atoms with Crippen LogP contribution in [0.2, 0.25) is 5.02 Å². The lowest BCUT2D eigenvalue weighted by Crippen LogP contribution is -2.52. The van der Waals surface area contributed by atoms with E-state index in [-0.39, 0.29) is 35.3 Å². The Labute approximate surface area is 698 Å². The number of amides is 6. The minimum atomic E-state index is -0.875. The molecule has 4 aliphatic rings. The molecule has 15 rings (SSSR count). The molecule has 6 atom stereocenters. The molecule has 0 saturated carbocycles. The highest BCUT2D eigenvalue weighted by molar-refractivity contribution is 6.33. The number of hydrogen-bond acceptors (Lipinski definition) is 23. The molecule has 8 aromatic heterocycles. The van der Waals surface area contributed by atoms with Crippen molar-refractivity contribution < 1.29 is 71.5 Å². The first-order chi connectivity index (χ1) is 58.2. The maximum absolute atomic E-state index is 14.0. The molecule has 1 fully saturated rings. The first-order valence-corrected chi connectivity index (χ1v) is 39.3. The van der Waals surface area contributed by atoms with Gasteiger partial charge in [-0.25, -0.2) is 43.1 Å². The van der Waals surface area contributed by atoms with Crippen LogP contribution in [0.4, 0.5) is 42.7 Å². The molecule has 12 heterocycles. The molecule has 34 nitrogen and oxygen atoms in total. The van der Waals surface area contributed by atoms with Crippen LogP contribution in [0.25, 0.3) is 33.8 Å². The van der Waals surface area contributed by atoms with Gasteiger partial charge in [0.1, 0.15) is 75.8 Å². The second-order valence-corrected chi connectivity index (χ2v) is 29.8. The van der Waals surface area contributed by atoms with Crippen LogP contribution in [-0.2, 0) is 52.9 Å². The number of aryl methyl sites for hydroxylation is 4. The van der Waals surface area contributed by atoms with E-state index in [1.165, 1.54) is 71.4 Å². The van der Waals surface area contributed by atoms with Crippen LogP contribution in [0, 0.1) is 31.3 Å². The van der Waals surface area contributed by atoms with Crippen LogP contribution < -0.4 is 41.4 Å². The number of rotatable bonds is 26. The van der Waals surface area contributed by atoms with Crippen molar-refractivity contribution in [2.24, 2.45) is 14.1 Å². The summed E-state index contributed by atoms with van der Waals surface area (Å²) in [6.07, 6.45) is 15.6. The number of fused-ring (bicyclic) bond motifs is 3. The number of carbonyl (C=O) groups excluding carboxylic acids is 6. The van der Waals surface area contributed by atoms with Crippen LogP contribution in [0.3, 0.4) is 0 Å². The fourth-order valence-corrected chi connectivity index (χ4v) is 14.7. The summed E-state index contributed by atoms with van der Waals surface area (Å²) in [7, 11) is 6.42. The van der Waals surface area contributed by atoms with Crippen LogP contribution in [-0.4, -0.2) is 220 Å². The summed E-state index contributed by atoms with van der Waals surface area (Å²) >= 11 is 6.44. The summed E-state index contributed by atoms with van der Waals surface area (Å²) in [4.78, 5) is 111. The average Bonchev–Trinajstić information content (AvgIpc) is 1.70. The molecule has 3 aromatic carbocycles. The van der Waals surface area contributed by atoms with E-state index in [4.69, 9.17) is 25.8 Å². The third-order valence-electron chi connectivity index (χ3n) is 21.4. The molecule has 121 heavy (non-hydrogen) atoms. The topological polar surface area (TPSA) is 400 Å². The van der Waals surface area contributed by atoms with Crippen molar-refractivity contribution in [1.29, 1.82) is 0 Å². The number of hydrogen-bond donors (Lipinski definition) is 9.